The quantitative estimate of drug-likeness (QED) is 0.789. The van der Waals surface area contributed by atoms with Crippen LogP contribution in [0.25, 0.3) is 0 Å². The van der Waals surface area contributed by atoms with Crippen molar-refractivity contribution >= 4 is 23.3 Å². The average Bonchev–Trinajstić information content (AvgIpc) is 2.95. The zero-order valence-corrected chi connectivity index (χ0v) is 14.9. The lowest BCUT2D eigenvalue weighted by atomic mass is 9.56. The van der Waals surface area contributed by atoms with Crippen LogP contribution >= 0.6 is 0 Å². The first-order valence-electron chi connectivity index (χ1n) is 9.34. The number of carbonyl (C=O) groups is 3. The van der Waals surface area contributed by atoms with Gasteiger partial charge < -0.3 is 4.74 Å². The third kappa shape index (κ3) is 2.14. The minimum Gasteiger partial charge on any atom is -0.494 e. The van der Waals surface area contributed by atoms with Crippen molar-refractivity contribution in [2.45, 2.75) is 25.2 Å². The van der Waals surface area contributed by atoms with Crippen molar-refractivity contribution in [3.63, 3.8) is 0 Å². The zero-order chi connectivity index (χ0) is 18.7. The Labute approximate surface area is 156 Å². The smallest absolute Gasteiger partial charge is 0.238 e. The summed E-state index contributed by atoms with van der Waals surface area (Å²) in [7, 11) is 0. The Hall–Kier alpha value is -2.95. The number of Topliss-reactive ketones (excluding diaryl/α,β-unsaturated/α-hetero) is 1. The number of anilines is 1. The van der Waals surface area contributed by atoms with Gasteiger partial charge in [-0.25, -0.2) is 0 Å². The Morgan fingerprint density at radius 2 is 1.59 bits per heavy atom. The minimum absolute atomic E-state index is 0.0784. The molecular formula is C22H19NO4. The van der Waals surface area contributed by atoms with Crippen LogP contribution in [0.1, 0.15) is 36.3 Å². The molecule has 0 N–H and O–H groups in total. The van der Waals surface area contributed by atoms with Crippen molar-refractivity contribution in [1.29, 1.82) is 0 Å². The topological polar surface area (TPSA) is 63.7 Å². The Kier molecular flexibility index (Phi) is 3.47. The molecule has 27 heavy (non-hydrogen) atoms. The van der Waals surface area contributed by atoms with E-state index < -0.39 is 17.8 Å². The summed E-state index contributed by atoms with van der Waals surface area (Å²) in [5.41, 5.74) is 2.52. The molecule has 1 saturated carbocycles. The Balaban J connectivity index is 1.57. The summed E-state index contributed by atoms with van der Waals surface area (Å²) in [5, 5.41) is 0. The van der Waals surface area contributed by atoms with Crippen molar-refractivity contribution in [1.82, 2.24) is 0 Å². The van der Waals surface area contributed by atoms with Crippen molar-refractivity contribution in [3.05, 3.63) is 59.7 Å². The summed E-state index contributed by atoms with van der Waals surface area (Å²) >= 11 is 0. The molecule has 5 nitrogen and oxygen atoms in total. The summed E-state index contributed by atoms with van der Waals surface area (Å²) < 4.78 is 5.44. The number of ether oxygens (including phenoxy) is 1. The maximum absolute atomic E-state index is 13.2. The van der Waals surface area contributed by atoms with Crippen molar-refractivity contribution in [2.75, 3.05) is 11.5 Å². The Bertz CT molecular complexity index is 965. The molecule has 4 atom stereocenters. The molecule has 1 aliphatic heterocycles. The molecule has 4 aliphatic rings. The minimum atomic E-state index is -0.579. The number of benzene rings is 2. The molecule has 2 bridgehead atoms. The number of rotatable bonds is 3. The molecule has 6 rings (SSSR count). The number of hydrogen-bond donors (Lipinski definition) is 0. The molecule has 2 fully saturated rings. The Morgan fingerprint density at radius 1 is 0.926 bits per heavy atom. The molecule has 0 radical (unpaired) electrons. The first-order valence-corrected chi connectivity index (χ1v) is 9.34. The highest BCUT2D eigenvalue weighted by Gasteiger charge is 2.62. The molecule has 2 amide bonds. The predicted molar refractivity (Wildman–Crippen MR) is 98.6 cm³/mol. The van der Waals surface area contributed by atoms with Crippen LogP contribution in [0, 0.1) is 11.8 Å². The highest BCUT2D eigenvalue weighted by atomic mass is 16.5. The monoisotopic (exact) mass is 361 g/mol. The van der Waals surface area contributed by atoms with E-state index in [0.717, 1.165) is 11.1 Å². The van der Waals surface area contributed by atoms with E-state index in [9.17, 15) is 14.4 Å². The van der Waals surface area contributed by atoms with Gasteiger partial charge in [-0.15, -0.1) is 0 Å². The number of ketones is 1. The van der Waals surface area contributed by atoms with Crippen LogP contribution < -0.4 is 9.64 Å². The van der Waals surface area contributed by atoms with Gasteiger partial charge in [-0.3, -0.25) is 19.3 Å². The van der Waals surface area contributed by atoms with Crippen molar-refractivity contribution in [3.8, 4) is 5.75 Å². The van der Waals surface area contributed by atoms with E-state index in [0.29, 0.717) is 24.5 Å². The fourth-order valence-corrected chi connectivity index (χ4v) is 5.07. The Morgan fingerprint density at radius 3 is 2.30 bits per heavy atom. The predicted octanol–water partition coefficient (Wildman–Crippen LogP) is 3.04. The summed E-state index contributed by atoms with van der Waals surface area (Å²) in [6.07, 6.45) is 0.346. The van der Waals surface area contributed by atoms with Gasteiger partial charge >= 0.3 is 0 Å². The second kappa shape index (κ2) is 5.78. The maximum atomic E-state index is 13.2. The van der Waals surface area contributed by atoms with Crippen LogP contribution in [0.4, 0.5) is 5.69 Å². The summed E-state index contributed by atoms with van der Waals surface area (Å²) in [6, 6.07) is 14.7. The highest BCUT2D eigenvalue weighted by Crippen LogP contribution is 2.57. The molecule has 5 heteroatoms. The molecule has 3 aliphatic carbocycles. The number of imide groups is 1. The van der Waals surface area contributed by atoms with Crippen LogP contribution in [0.3, 0.4) is 0 Å². The second-order valence-electron chi connectivity index (χ2n) is 7.37. The molecule has 136 valence electrons. The lowest BCUT2D eigenvalue weighted by Gasteiger charge is -2.43. The summed E-state index contributed by atoms with van der Waals surface area (Å²) in [6.45, 7) is 2.45. The SMILES string of the molecule is CCOc1ccc(N2C(=O)[C@@H]3[C@@H](C2=O)[C@H]2C(=O)C[C@H]3c3ccccc32)cc1. The van der Waals surface area contributed by atoms with Crippen LogP contribution in [0.2, 0.25) is 0 Å². The number of amides is 2. The normalized spacial score (nSPS) is 28.3. The van der Waals surface area contributed by atoms with E-state index in [1.54, 1.807) is 24.3 Å². The molecule has 2 aromatic rings. The van der Waals surface area contributed by atoms with E-state index in [1.807, 2.05) is 31.2 Å². The van der Waals surface area contributed by atoms with Crippen LogP contribution in [0.5, 0.6) is 5.75 Å². The first-order chi connectivity index (χ1) is 13.1. The summed E-state index contributed by atoms with van der Waals surface area (Å²) in [4.78, 5) is 40.4. The van der Waals surface area contributed by atoms with Gasteiger partial charge in [0.05, 0.1) is 30.0 Å². The van der Waals surface area contributed by atoms with Gasteiger partial charge in [0.1, 0.15) is 11.5 Å². The van der Waals surface area contributed by atoms with Gasteiger partial charge in [-0.2, -0.15) is 0 Å². The molecule has 0 unspecified atom stereocenters. The standard InChI is InChI=1S/C22H19NO4/c1-2-27-13-9-7-12(8-10-13)23-21(25)19-16-11-17(24)18(20(19)22(23)26)15-6-4-3-5-14(15)16/h3-10,16,18-20H,2,11H2,1H3/t16-,18+,19-,20-/m0/s1. The molecule has 0 spiro atoms. The lowest BCUT2D eigenvalue weighted by molar-refractivity contribution is -0.134. The first kappa shape index (κ1) is 16.2. The van der Waals surface area contributed by atoms with Gasteiger partial charge in [-0.05, 0) is 42.3 Å². The maximum Gasteiger partial charge on any atom is 0.238 e. The van der Waals surface area contributed by atoms with Crippen LogP contribution in [0.15, 0.2) is 48.5 Å². The van der Waals surface area contributed by atoms with Gasteiger partial charge in [0.2, 0.25) is 11.8 Å². The van der Waals surface area contributed by atoms with E-state index in [4.69, 9.17) is 4.74 Å². The van der Waals surface area contributed by atoms with Crippen molar-refractivity contribution in [2.24, 2.45) is 11.8 Å². The molecule has 1 heterocycles. The fourth-order valence-electron chi connectivity index (χ4n) is 5.07. The highest BCUT2D eigenvalue weighted by molar-refractivity contribution is 6.24. The number of hydrogen-bond acceptors (Lipinski definition) is 4. The van der Waals surface area contributed by atoms with Crippen molar-refractivity contribution < 1.29 is 19.1 Å². The second-order valence-corrected chi connectivity index (χ2v) is 7.37. The number of carbonyl (C=O) groups excluding carboxylic acids is 3. The molecular weight excluding hydrogens is 342 g/mol. The van der Waals surface area contributed by atoms with E-state index in [-0.39, 0.29) is 23.5 Å². The van der Waals surface area contributed by atoms with E-state index >= 15 is 0 Å². The fraction of sp³-hybridized carbons (Fsp3) is 0.318. The molecule has 1 saturated heterocycles. The van der Waals surface area contributed by atoms with Crippen LogP contribution in [-0.4, -0.2) is 24.2 Å². The van der Waals surface area contributed by atoms with Gasteiger partial charge in [0.15, 0.2) is 0 Å². The van der Waals surface area contributed by atoms with Crippen LogP contribution in [-0.2, 0) is 14.4 Å². The third-order valence-electron chi connectivity index (χ3n) is 6.10. The van der Waals surface area contributed by atoms with Gasteiger partial charge in [0, 0.05) is 12.3 Å². The average molecular weight is 361 g/mol. The van der Waals surface area contributed by atoms with E-state index in [2.05, 4.69) is 0 Å². The molecule has 0 aromatic heterocycles. The number of nitrogens with zero attached hydrogens (tertiary/aromatic N) is 1. The third-order valence-corrected chi connectivity index (χ3v) is 6.10. The van der Waals surface area contributed by atoms with Gasteiger partial charge in [-0.1, -0.05) is 24.3 Å². The number of fused-ring (bicyclic) bond motifs is 1. The molecule has 2 aromatic carbocycles. The van der Waals surface area contributed by atoms with E-state index in [1.165, 1.54) is 4.90 Å². The van der Waals surface area contributed by atoms with Gasteiger partial charge in [0.25, 0.3) is 0 Å². The summed E-state index contributed by atoms with van der Waals surface area (Å²) in [5.74, 6) is -1.40. The lowest BCUT2D eigenvalue weighted by Crippen LogP contribution is -2.44. The zero-order valence-electron chi connectivity index (χ0n) is 14.9. The largest absolute Gasteiger partial charge is 0.494 e.